The highest BCUT2D eigenvalue weighted by Crippen LogP contribution is 2.43. The number of nitrogens with zero attached hydrogens (tertiary/aromatic N) is 1. The van der Waals surface area contributed by atoms with Crippen LogP contribution in [-0.2, 0) is 16.9 Å². The summed E-state index contributed by atoms with van der Waals surface area (Å²) in [5, 5.41) is 3.42. The molecule has 2 amide bonds. The Labute approximate surface area is 140 Å². The van der Waals surface area contributed by atoms with Crippen LogP contribution in [0.4, 0.5) is 10.5 Å². The molecule has 2 heterocycles. The maximum absolute atomic E-state index is 12.5. The second-order valence-electron chi connectivity index (χ2n) is 6.02. The van der Waals surface area contributed by atoms with Gasteiger partial charge in [0.15, 0.2) is 0 Å². The molecule has 1 saturated heterocycles. The van der Waals surface area contributed by atoms with Crippen LogP contribution >= 0.6 is 11.6 Å². The minimum atomic E-state index is -0.353. The number of ether oxygens (including phenoxy) is 1. The van der Waals surface area contributed by atoms with Gasteiger partial charge in [0, 0.05) is 13.0 Å². The fraction of sp³-hybridized carbons (Fsp3) is 0.278. The van der Waals surface area contributed by atoms with Crippen molar-refractivity contribution in [3.8, 4) is 0 Å². The minimum Gasteiger partial charge on any atom is -0.364 e. The third-order valence-corrected chi connectivity index (χ3v) is 4.98. The van der Waals surface area contributed by atoms with Crippen molar-refractivity contribution in [1.82, 2.24) is 4.90 Å². The van der Waals surface area contributed by atoms with Crippen LogP contribution < -0.4 is 5.32 Å². The Hall–Kier alpha value is -2.04. The SMILES string of the molecule is O=C(Nc1ccccc1Cl)N1CCC2(C1)OCc1ccccc12. The van der Waals surface area contributed by atoms with E-state index in [9.17, 15) is 4.79 Å². The lowest BCUT2D eigenvalue weighted by Crippen LogP contribution is -2.36. The summed E-state index contributed by atoms with van der Waals surface area (Å²) in [6, 6.07) is 15.4. The number of hydrogen-bond donors (Lipinski definition) is 1. The Kier molecular flexibility index (Phi) is 3.51. The van der Waals surface area contributed by atoms with Crippen LogP contribution in [0.2, 0.25) is 5.02 Å². The number of carbonyl (C=O) groups is 1. The molecule has 1 N–H and O–H groups in total. The average Bonchev–Trinajstić information content (AvgIpc) is 3.16. The van der Waals surface area contributed by atoms with E-state index in [-0.39, 0.29) is 11.6 Å². The van der Waals surface area contributed by atoms with Gasteiger partial charge in [-0.2, -0.15) is 0 Å². The van der Waals surface area contributed by atoms with Crippen LogP contribution in [0, 0.1) is 0 Å². The topological polar surface area (TPSA) is 41.6 Å². The molecule has 2 aliphatic heterocycles. The summed E-state index contributed by atoms with van der Waals surface area (Å²) in [7, 11) is 0. The number of anilines is 1. The minimum absolute atomic E-state index is 0.136. The van der Waals surface area contributed by atoms with E-state index in [1.165, 1.54) is 11.1 Å². The van der Waals surface area contributed by atoms with Crippen molar-refractivity contribution in [3.05, 3.63) is 64.7 Å². The van der Waals surface area contributed by atoms with Crippen molar-refractivity contribution in [2.24, 2.45) is 0 Å². The lowest BCUT2D eigenvalue weighted by atomic mass is 9.92. The first-order valence-corrected chi connectivity index (χ1v) is 8.09. The van der Waals surface area contributed by atoms with E-state index in [1.54, 1.807) is 17.0 Å². The van der Waals surface area contributed by atoms with Gasteiger partial charge in [-0.1, -0.05) is 48.0 Å². The molecule has 1 unspecified atom stereocenters. The number of likely N-dealkylation sites (tertiary alicyclic amines) is 1. The van der Waals surface area contributed by atoms with E-state index >= 15 is 0 Å². The summed E-state index contributed by atoms with van der Waals surface area (Å²) < 4.78 is 6.08. The standard InChI is InChI=1S/C18H17ClN2O2/c19-15-7-3-4-8-16(15)20-17(22)21-10-9-18(12-21)14-6-2-1-5-13(14)11-23-18/h1-8H,9-12H2,(H,20,22). The Morgan fingerprint density at radius 3 is 2.83 bits per heavy atom. The molecule has 2 aromatic carbocycles. The molecule has 2 aliphatic rings. The molecule has 2 aromatic rings. The Morgan fingerprint density at radius 1 is 1.17 bits per heavy atom. The van der Waals surface area contributed by atoms with Gasteiger partial charge in [0.1, 0.15) is 5.60 Å². The third kappa shape index (κ3) is 2.48. The van der Waals surface area contributed by atoms with E-state index in [4.69, 9.17) is 16.3 Å². The monoisotopic (exact) mass is 328 g/mol. The fourth-order valence-corrected chi connectivity index (χ4v) is 3.62. The van der Waals surface area contributed by atoms with E-state index in [1.807, 2.05) is 24.3 Å². The number of urea groups is 1. The molecule has 1 atom stereocenters. The highest BCUT2D eigenvalue weighted by atomic mass is 35.5. The molecule has 4 nitrogen and oxygen atoms in total. The summed E-state index contributed by atoms with van der Waals surface area (Å²) in [6.07, 6.45) is 0.819. The van der Waals surface area contributed by atoms with Crippen LogP contribution in [0.5, 0.6) is 0 Å². The molecule has 0 radical (unpaired) electrons. The Morgan fingerprint density at radius 2 is 1.96 bits per heavy atom. The maximum atomic E-state index is 12.5. The number of hydrogen-bond acceptors (Lipinski definition) is 2. The number of halogens is 1. The van der Waals surface area contributed by atoms with Crippen LogP contribution in [0.3, 0.4) is 0 Å². The van der Waals surface area contributed by atoms with Gasteiger partial charge in [0.25, 0.3) is 0 Å². The second kappa shape index (κ2) is 5.55. The Balaban J connectivity index is 1.51. The number of nitrogens with one attached hydrogen (secondary N) is 1. The lowest BCUT2D eigenvalue weighted by Gasteiger charge is -2.25. The molecule has 23 heavy (non-hydrogen) atoms. The van der Waals surface area contributed by atoms with Gasteiger partial charge in [-0.3, -0.25) is 0 Å². The lowest BCUT2D eigenvalue weighted by molar-refractivity contribution is -0.0269. The van der Waals surface area contributed by atoms with Gasteiger partial charge in [0.2, 0.25) is 0 Å². The molecule has 4 rings (SSSR count). The largest absolute Gasteiger partial charge is 0.364 e. The van der Waals surface area contributed by atoms with Gasteiger partial charge in [-0.25, -0.2) is 4.79 Å². The third-order valence-electron chi connectivity index (χ3n) is 4.65. The first-order chi connectivity index (χ1) is 11.2. The highest BCUT2D eigenvalue weighted by Gasteiger charge is 2.46. The molecule has 0 saturated carbocycles. The van der Waals surface area contributed by atoms with Crippen LogP contribution in [-0.4, -0.2) is 24.0 Å². The maximum Gasteiger partial charge on any atom is 0.321 e. The van der Waals surface area contributed by atoms with E-state index in [2.05, 4.69) is 17.4 Å². The molecule has 0 aromatic heterocycles. The predicted molar refractivity (Wildman–Crippen MR) is 89.6 cm³/mol. The van der Waals surface area contributed by atoms with Gasteiger partial charge in [-0.05, 0) is 23.3 Å². The summed E-state index contributed by atoms with van der Waals surface area (Å²) in [4.78, 5) is 14.3. The van der Waals surface area contributed by atoms with E-state index < -0.39 is 0 Å². The molecule has 1 spiro atoms. The van der Waals surface area contributed by atoms with Crippen molar-refractivity contribution in [2.45, 2.75) is 18.6 Å². The van der Waals surface area contributed by atoms with Crippen LogP contribution in [0.25, 0.3) is 0 Å². The van der Waals surface area contributed by atoms with Crippen LogP contribution in [0.15, 0.2) is 48.5 Å². The number of amides is 2. The fourth-order valence-electron chi connectivity index (χ4n) is 3.43. The smallest absolute Gasteiger partial charge is 0.321 e. The molecule has 1 fully saturated rings. The van der Waals surface area contributed by atoms with Gasteiger partial charge in [-0.15, -0.1) is 0 Å². The van der Waals surface area contributed by atoms with Crippen molar-refractivity contribution >= 4 is 23.3 Å². The van der Waals surface area contributed by atoms with Crippen molar-refractivity contribution < 1.29 is 9.53 Å². The van der Waals surface area contributed by atoms with Crippen molar-refractivity contribution in [1.29, 1.82) is 0 Å². The summed E-state index contributed by atoms with van der Waals surface area (Å²) >= 11 is 6.10. The first-order valence-electron chi connectivity index (χ1n) is 7.71. The number of para-hydroxylation sites is 1. The summed E-state index contributed by atoms with van der Waals surface area (Å²) in [5.41, 5.74) is 2.72. The summed E-state index contributed by atoms with van der Waals surface area (Å²) in [5.74, 6) is 0. The zero-order valence-electron chi connectivity index (χ0n) is 12.6. The zero-order chi connectivity index (χ0) is 15.9. The van der Waals surface area contributed by atoms with Crippen molar-refractivity contribution in [3.63, 3.8) is 0 Å². The van der Waals surface area contributed by atoms with Crippen molar-refractivity contribution in [2.75, 3.05) is 18.4 Å². The number of carbonyl (C=O) groups excluding carboxylic acids is 1. The molecule has 0 bridgehead atoms. The molecular weight excluding hydrogens is 312 g/mol. The second-order valence-corrected chi connectivity index (χ2v) is 6.43. The Bertz CT molecular complexity index is 764. The number of rotatable bonds is 1. The average molecular weight is 329 g/mol. The normalized spacial score (nSPS) is 22.4. The quantitative estimate of drug-likeness (QED) is 0.859. The van der Waals surface area contributed by atoms with E-state index in [0.717, 1.165) is 6.42 Å². The zero-order valence-corrected chi connectivity index (χ0v) is 13.3. The number of benzene rings is 2. The summed E-state index contributed by atoms with van der Waals surface area (Å²) in [6.45, 7) is 1.86. The predicted octanol–water partition coefficient (Wildman–Crippen LogP) is 4.00. The highest BCUT2D eigenvalue weighted by molar-refractivity contribution is 6.33. The molecule has 0 aliphatic carbocycles. The molecule has 118 valence electrons. The van der Waals surface area contributed by atoms with Crippen LogP contribution in [0.1, 0.15) is 17.5 Å². The van der Waals surface area contributed by atoms with Gasteiger partial charge < -0.3 is 15.0 Å². The van der Waals surface area contributed by atoms with E-state index in [0.29, 0.717) is 30.4 Å². The molecular formula is C18H17ClN2O2. The van der Waals surface area contributed by atoms with Gasteiger partial charge >= 0.3 is 6.03 Å². The first kappa shape index (κ1) is 14.5. The number of fused-ring (bicyclic) bond motifs is 2. The van der Waals surface area contributed by atoms with Gasteiger partial charge in [0.05, 0.1) is 23.9 Å². The molecule has 5 heteroatoms.